The van der Waals surface area contributed by atoms with Crippen LogP contribution in [0, 0.1) is 30.6 Å². The highest BCUT2D eigenvalue weighted by Crippen LogP contribution is 2.32. The second-order valence-electron chi connectivity index (χ2n) is 9.74. The molecular formula is C31H30N6. The molecule has 2 saturated heterocycles. The number of rotatable bonds is 4. The minimum Gasteiger partial charge on any atom is -0.341 e. The molecule has 0 amide bonds. The summed E-state index contributed by atoms with van der Waals surface area (Å²) in [5.41, 5.74) is 7.24. The van der Waals surface area contributed by atoms with Gasteiger partial charge in [0.25, 0.3) is 0 Å². The second kappa shape index (κ2) is 10.5. The van der Waals surface area contributed by atoms with Gasteiger partial charge < -0.3 is 20.6 Å². The van der Waals surface area contributed by atoms with Crippen molar-refractivity contribution in [1.29, 1.82) is 0 Å². The van der Waals surface area contributed by atoms with Crippen LogP contribution in [-0.4, -0.2) is 33.0 Å². The third kappa shape index (κ3) is 5.08. The van der Waals surface area contributed by atoms with E-state index in [2.05, 4.69) is 97.6 Å². The van der Waals surface area contributed by atoms with Crippen LogP contribution in [0.3, 0.4) is 0 Å². The lowest BCUT2D eigenvalue weighted by molar-refractivity contribution is 0.612. The van der Waals surface area contributed by atoms with E-state index in [-0.39, 0.29) is 0 Å². The van der Waals surface area contributed by atoms with E-state index in [9.17, 15) is 0 Å². The molecule has 6 nitrogen and oxygen atoms in total. The lowest BCUT2D eigenvalue weighted by atomic mass is 9.93. The van der Waals surface area contributed by atoms with Gasteiger partial charge in [0, 0.05) is 11.1 Å². The molecule has 0 spiro atoms. The summed E-state index contributed by atoms with van der Waals surface area (Å²) in [5.74, 6) is 14.5. The first kappa shape index (κ1) is 23.3. The van der Waals surface area contributed by atoms with Gasteiger partial charge in [-0.1, -0.05) is 36.3 Å². The molecule has 0 bridgehead atoms. The molecule has 37 heavy (non-hydrogen) atoms. The zero-order chi connectivity index (χ0) is 25.0. The van der Waals surface area contributed by atoms with Crippen molar-refractivity contribution in [3.63, 3.8) is 0 Å². The van der Waals surface area contributed by atoms with E-state index in [0.717, 1.165) is 76.8 Å². The van der Waals surface area contributed by atoms with Crippen molar-refractivity contribution in [3.8, 4) is 46.1 Å². The topological polar surface area (TPSA) is 81.4 Å². The second-order valence-corrected chi connectivity index (χ2v) is 9.74. The fourth-order valence-electron chi connectivity index (χ4n) is 5.22. The molecule has 2 aliphatic heterocycles. The smallest absolute Gasteiger partial charge is 0.124 e. The van der Waals surface area contributed by atoms with E-state index < -0.39 is 0 Å². The summed E-state index contributed by atoms with van der Waals surface area (Å²) in [4.78, 5) is 16.0. The van der Waals surface area contributed by atoms with E-state index in [1.807, 2.05) is 12.3 Å². The van der Waals surface area contributed by atoms with Crippen molar-refractivity contribution >= 4 is 0 Å². The Morgan fingerprint density at radius 3 is 2.22 bits per heavy atom. The highest BCUT2D eigenvalue weighted by atomic mass is 15.0. The molecule has 2 aromatic heterocycles. The van der Waals surface area contributed by atoms with Gasteiger partial charge in [0.1, 0.15) is 17.3 Å². The summed E-state index contributed by atoms with van der Waals surface area (Å²) in [5, 5.41) is 6.97. The van der Waals surface area contributed by atoms with Gasteiger partial charge in [0.15, 0.2) is 0 Å². The molecule has 4 heterocycles. The van der Waals surface area contributed by atoms with Crippen molar-refractivity contribution in [2.24, 2.45) is 0 Å². The Balaban J connectivity index is 1.31. The first-order valence-electron chi connectivity index (χ1n) is 13.0. The number of hydrogen-bond donors (Lipinski definition) is 4. The van der Waals surface area contributed by atoms with Gasteiger partial charge in [-0.15, -0.1) is 0 Å². The summed E-state index contributed by atoms with van der Waals surface area (Å²) < 4.78 is 0. The molecule has 2 unspecified atom stereocenters. The molecule has 2 aromatic carbocycles. The maximum atomic E-state index is 4.67. The zero-order valence-electron chi connectivity index (χ0n) is 21.0. The van der Waals surface area contributed by atoms with Crippen LogP contribution in [0.2, 0.25) is 0 Å². The van der Waals surface area contributed by atoms with Gasteiger partial charge in [-0.2, -0.15) is 0 Å². The van der Waals surface area contributed by atoms with E-state index in [4.69, 9.17) is 0 Å². The van der Waals surface area contributed by atoms with Crippen LogP contribution < -0.4 is 10.6 Å². The molecule has 6 heteroatoms. The van der Waals surface area contributed by atoms with Gasteiger partial charge in [-0.3, -0.25) is 0 Å². The zero-order valence-corrected chi connectivity index (χ0v) is 21.0. The monoisotopic (exact) mass is 486 g/mol. The Bertz CT molecular complexity index is 1510. The molecular weight excluding hydrogens is 456 g/mol. The lowest BCUT2D eigenvalue weighted by Gasteiger charge is -2.11. The Kier molecular flexibility index (Phi) is 6.60. The number of aromatic amines is 2. The van der Waals surface area contributed by atoms with Crippen LogP contribution in [0.5, 0.6) is 0 Å². The molecule has 0 radical (unpaired) electrons. The number of nitrogens with zero attached hydrogens (tertiary/aromatic N) is 2. The van der Waals surface area contributed by atoms with E-state index in [0.29, 0.717) is 12.1 Å². The first-order valence-corrected chi connectivity index (χ1v) is 13.0. The molecule has 0 aliphatic carbocycles. The third-order valence-corrected chi connectivity index (χ3v) is 7.15. The summed E-state index contributed by atoms with van der Waals surface area (Å²) in [6, 6.07) is 15.4. The number of imidazole rings is 2. The quantitative estimate of drug-likeness (QED) is 0.305. The average Bonchev–Trinajstić information content (AvgIpc) is 3.74. The maximum absolute atomic E-state index is 4.67. The van der Waals surface area contributed by atoms with E-state index >= 15 is 0 Å². The minimum absolute atomic E-state index is 0.302. The maximum Gasteiger partial charge on any atom is 0.124 e. The summed E-state index contributed by atoms with van der Waals surface area (Å²) in [7, 11) is 0. The lowest BCUT2D eigenvalue weighted by Crippen LogP contribution is -2.14. The van der Waals surface area contributed by atoms with Crippen LogP contribution in [0.1, 0.15) is 66.2 Å². The van der Waals surface area contributed by atoms with Crippen molar-refractivity contribution < 1.29 is 0 Å². The first-order chi connectivity index (χ1) is 18.2. The molecule has 4 N–H and O–H groups in total. The average molecular weight is 487 g/mol. The Morgan fingerprint density at radius 1 is 0.784 bits per heavy atom. The molecule has 184 valence electrons. The Hall–Kier alpha value is -4.10. The number of H-pyrrole nitrogens is 2. The summed E-state index contributed by atoms with van der Waals surface area (Å²) in [6.07, 6.45) is 8.32. The minimum atomic E-state index is 0.302. The molecule has 2 atom stereocenters. The number of nitrogens with one attached hydrogen (secondary N) is 4. The van der Waals surface area contributed by atoms with Gasteiger partial charge in [0.05, 0.1) is 30.2 Å². The number of aryl methyl sites for hydroxylation is 1. The van der Waals surface area contributed by atoms with Crippen molar-refractivity contribution in [1.82, 2.24) is 30.6 Å². The summed E-state index contributed by atoms with van der Waals surface area (Å²) in [6.45, 7) is 4.20. The predicted molar refractivity (Wildman–Crippen MR) is 146 cm³/mol. The predicted octanol–water partition coefficient (Wildman–Crippen LogP) is 5.03. The van der Waals surface area contributed by atoms with Crippen LogP contribution in [0.4, 0.5) is 0 Å². The molecule has 4 aromatic rings. The Labute approximate surface area is 217 Å². The highest BCUT2D eigenvalue weighted by molar-refractivity contribution is 5.79. The third-order valence-electron chi connectivity index (χ3n) is 7.15. The van der Waals surface area contributed by atoms with Gasteiger partial charge in [0.2, 0.25) is 0 Å². The Morgan fingerprint density at radius 2 is 1.49 bits per heavy atom. The van der Waals surface area contributed by atoms with Crippen molar-refractivity contribution in [2.45, 2.75) is 44.7 Å². The van der Waals surface area contributed by atoms with Crippen LogP contribution in [0.25, 0.3) is 22.4 Å². The number of hydrogen-bond acceptors (Lipinski definition) is 4. The molecule has 2 fully saturated rings. The van der Waals surface area contributed by atoms with Crippen molar-refractivity contribution in [3.05, 3.63) is 83.3 Å². The highest BCUT2D eigenvalue weighted by Gasteiger charge is 2.20. The van der Waals surface area contributed by atoms with Crippen LogP contribution in [-0.2, 0) is 0 Å². The molecule has 0 saturated carbocycles. The van der Waals surface area contributed by atoms with Gasteiger partial charge in [-0.05, 0) is 92.3 Å². The van der Waals surface area contributed by atoms with Crippen LogP contribution >= 0.6 is 0 Å². The molecule has 2 aliphatic rings. The fourth-order valence-corrected chi connectivity index (χ4v) is 5.22. The normalized spacial score (nSPS) is 18.7. The SMILES string of the molecule is Cc1cc(-c2cnc(C3CCCN3)[nH]2)cc(-c2ccccc2)c1C#CC#Cc1cnc(C2CCCN2)[nH]1. The summed E-state index contributed by atoms with van der Waals surface area (Å²) >= 11 is 0. The van der Waals surface area contributed by atoms with Crippen LogP contribution in [0.15, 0.2) is 54.9 Å². The van der Waals surface area contributed by atoms with Gasteiger partial charge >= 0.3 is 0 Å². The number of benzene rings is 2. The largest absolute Gasteiger partial charge is 0.341 e. The van der Waals surface area contributed by atoms with Gasteiger partial charge in [-0.25, -0.2) is 9.97 Å². The standard InChI is InChI=1S/C31H30N6/c1-21-17-23(29-20-35-31(37-29)28-14-8-16-33-28)18-26(22-9-3-2-4-10-22)25(21)12-6-5-11-24-19-34-30(36-24)27-13-7-15-32-27/h2-4,9-10,17-20,27-28,32-33H,7-8,13-16H2,1H3,(H,34,36)(H,35,37). The molecule has 6 rings (SSSR count). The number of aromatic nitrogens is 4. The fraction of sp³-hybridized carbons (Fsp3) is 0.290. The van der Waals surface area contributed by atoms with E-state index in [1.165, 1.54) is 12.8 Å². The van der Waals surface area contributed by atoms with Crippen molar-refractivity contribution in [2.75, 3.05) is 13.1 Å². The van der Waals surface area contributed by atoms with E-state index in [1.54, 1.807) is 6.20 Å².